The van der Waals surface area contributed by atoms with E-state index in [0.29, 0.717) is 17.0 Å². The molecular formula is C17H20N4O2S. The highest BCUT2D eigenvalue weighted by atomic mass is 32.2. The van der Waals surface area contributed by atoms with E-state index in [1.54, 1.807) is 24.8 Å². The normalized spacial score (nSPS) is 18.2. The molecular weight excluding hydrogens is 324 g/mol. The quantitative estimate of drug-likeness (QED) is 0.775. The lowest BCUT2D eigenvalue weighted by Crippen LogP contribution is -2.16. The van der Waals surface area contributed by atoms with E-state index in [0.717, 1.165) is 25.7 Å². The van der Waals surface area contributed by atoms with Crippen LogP contribution in [0.5, 0.6) is 0 Å². The molecule has 24 heavy (non-hydrogen) atoms. The zero-order valence-electron chi connectivity index (χ0n) is 13.4. The van der Waals surface area contributed by atoms with Crippen molar-refractivity contribution in [3.8, 4) is 11.4 Å². The fourth-order valence-electron chi connectivity index (χ4n) is 2.82. The monoisotopic (exact) mass is 344 g/mol. The van der Waals surface area contributed by atoms with Gasteiger partial charge in [-0.1, -0.05) is 18.6 Å². The zero-order valence-corrected chi connectivity index (χ0v) is 14.2. The van der Waals surface area contributed by atoms with Crippen molar-refractivity contribution in [3.05, 3.63) is 48.8 Å². The standard InChI is InChI=1S/C17H20N4O2S/c22-24(23,11-14-5-3-1-2-4-6-14)12-15-7-20-17(21-8-15)16-9-18-13-19-10-16/h3,5,7-10,13-14H,1-2,4,6,11-12H2. The van der Waals surface area contributed by atoms with Crippen molar-refractivity contribution in [2.45, 2.75) is 31.4 Å². The fraction of sp³-hybridized carbons (Fsp3) is 0.412. The van der Waals surface area contributed by atoms with E-state index in [9.17, 15) is 8.42 Å². The van der Waals surface area contributed by atoms with E-state index >= 15 is 0 Å². The Morgan fingerprint density at radius 3 is 2.54 bits per heavy atom. The van der Waals surface area contributed by atoms with E-state index in [2.05, 4.69) is 32.1 Å². The number of hydrogen-bond acceptors (Lipinski definition) is 6. The molecule has 1 unspecified atom stereocenters. The number of hydrogen-bond donors (Lipinski definition) is 0. The molecule has 6 nitrogen and oxygen atoms in total. The summed E-state index contributed by atoms with van der Waals surface area (Å²) in [5.74, 6) is 0.781. The second-order valence-electron chi connectivity index (χ2n) is 6.07. The molecule has 2 aromatic heterocycles. The minimum Gasteiger partial charge on any atom is -0.244 e. The molecule has 126 valence electrons. The number of rotatable bonds is 5. The second kappa shape index (κ2) is 7.61. The first-order valence-corrected chi connectivity index (χ1v) is 9.88. The molecule has 0 amide bonds. The Balaban J connectivity index is 1.66. The van der Waals surface area contributed by atoms with Crippen molar-refractivity contribution in [2.75, 3.05) is 5.75 Å². The molecule has 1 atom stereocenters. The van der Waals surface area contributed by atoms with Crippen LogP contribution in [0.3, 0.4) is 0 Å². The van der Waals surface area contributed by atoms with Crippen LogP contribution in [0, 0.1) is 5.92 Å². The lowest BCUT2D eigenvalue weighted by atomic mass is 10.1. The van der Waals surface area contributed by atoms with E-state index < -0.39 is 9.84 Å². The van der Waals surface area contributed by atoms with Crippen LogP contribution in [-0.4, -0.2) is 34.1 Å². The molecule has 0 radical (unpaired) electrons. The molecule has 0 fully saturated rings. The molecule has 0 spiro atoms. The Morgan fingerprint density at radius 1 is 1.04 bits per heavy atom. The van der Waals surface area contributed by atoms with Gasteiger partial charge in [0.2, 0.25) is 0 Å². The highest BCUT2D eigenvalue weighted by Gasteiger charge is 2.19. The molecule has 0 saturated heterocycles. The predicted molar refractivity (Wildman–Crippen MR) is 91.6 cm³/mol. The van der Waals surface area contributed by atoms with Gasteiger partial charge >= 0.3 is 0 Å². The number of aromatic nitrogens is 4. The summed E-state index contributed by atoms with van der Waals surface area (Å²) >= 11 is 0. The summed E-state index contributed by atoms with van der Waals surface area (Å²) in [6.45, 7) is 0. The Morgan fingerprint density at radius 2 is 1.79 bits per heavy atom. The van der Waals surface area contributed by atoms with E-state index in [-0.39, 0.29) is 17.4 Å². The van der Waals surface area contributed by atoms with Gasteiger partial charge in [-0.15, -0.1) is 0 Å². The third-order valence-corrected chi connectivity index (χ3v) is 5.69. The molecule has 0 N–H and O–H groups in total. The predicted octanol–water partition coefficient (Wildman–Crippen LogP) is 2.59. The first-order chi connectivity index (χ1) is 11.6. The summed E-state index contributed by atoms with van der Waals surface area (Å²) in [5, 5.41) is 0. The Hall–Kier alpha value is -2.15. The Kier molecular flexibility index (Phi) is 5.30. The van der Waals surface area contributed by atoms with Gasteiger partial charge in [0.1, 0.15) is 6.33 Å². The third kappa shape index (κ3) is 4.67. The Labute approximate surface area is 142 Å². The summed E-state index contributed by atoms with van der Waals surface area (Å²) in [6, 6.07) is 0. The van der Waals surface area contributed by atoms with Gasteiger partial charge in [-0.05, 0) is 25.2 Å². The smallest absolute Gasteiger partial charge is 0.162 e. The maximum Gasteiger partial charge on any atom is 0.162 e. The van der Waals surface area contributed by atoms with Crippen LogP contribution in [-0.2, 0) is 15.6 Å². The van der Waals surface area contributed by atoms with Gasteiger partial charge in [-0.3, -0.25) is 0 Å². The van der Waals surface area contributed by atoms with Crippen LogP contribution >= 0.6 is 0 Å². The van der Waals surface area contributed by atoms with Crippen LogP contribution in [0.1, 0.15) is 31.2 Å². The fourth-order valence-corrected chi connectivity index (χ4v) is 4.53. The van der Waals surface area contributed by atoms with Crippen molar-refractivity contribution in [1.29, 1.82) is 0 Å². The molecule has 1 aliphatic rings. The maximum atomic E-state index is 12.4. The molecule has 0 saturated carbocycles. The van der Waals surface area contributed by atoms with Gasteiger partial charge in [0.25, 0.3) is 0 Å². The minimum absolute atomic E-state index is 0.0249. The average molecular weight is 344 g/mol. The minimum atomic E-state index is -3.18. The van der Waals surface area contributed by atoms with Crippen molar-refractivity contribution < 1.29 is 8.42 Å². The first kappa shape index (κ1) is 16.7. The van der Waals surface area contributed by atoms with Crippen LogP contribution < -0.4 is 0 Å². The highest BCUT2D eigenvalue weighted by Crippen LogP contribution is 2.20. The SMILES string of the molecule is O=S(=O)(Cc1cnc(-c2cncnc2)nc1)CC1C=CCCCC1. The zero-order chi connectivity index (χ0) is 16.8. The lowest BCUT2D eigenvalue weighted by molar-refractivity contribution is 0.563. The summed E-state index contributed by atoms with van der Waals surface area (Å²) in [4.78, 5) is 16.3. The van der Waals surface area contributed by atoms with Crippen molar-refractivity contribution in [2.24, 2.45) is 5.92 Å². The number of nitrogens with zero attached hydrogens (tertiary/aromatic N) is 4. The molecule has 0 aliphatic heterocycles. The van der Waals surface area contributed by atoms with Gasteiger partial charge < -0.3 is 0 Å². The van der Waals surface area contributed by atoms with Gasteiger partial charge in [0.15, 0.2) is 15.7 Å². The first-order valence-electron chi connectivity index (χ1n) is 8.06. The molecule has 0 aromatic carbocycles. The maximum absolute atomic E-state index is 12.4. The van der Waals surface area contributed by atoms with Gasteiger partial charge in [-0.25, -0.2) is 28.4 Å². The number of sulfone groups is 1. The summed E-state index contributed by atoms with van der Waals surface area (Å²) in [7, 11) is -3.18. The number of allylic oxidation sites excluding steroid dienone is 2. The molecule has 1 aliphatic carbocycles. The van der Waals surface area contributed by atoms with E-state index in [1.807, 2.05) is 0 Å². The van der Waals surface area contributed by atoms with Crippen molar-refractivity contribution >= 4 is 9.84 Å². The largest absolute Gasteiger partial charge is 0.244 e. The van der Waals surface area contributed by atoms with Crippen molar-refractivity contribution in [1.82, 2.24) is 19.9 Å². The van der Waals surface area contributed by atoms with Crippen LogP contribution in [0.25, 0.3) is 11.4 Å². The Bertz CT molecular complexity index is 789. The average Bonchev–Trinajstić information content (AvgIpc) is 2.84. The van der Waals surface area contributed by atoms with E-state index in [4.69, 9.17) is 0 Å². The van der Waals surface area contributed by atoms with Crippen LogP contribution in [0.2, 0.25) is 0 Å². The van der Waals surface area contributed by atoms with Gasteiger partial charge in [0.05, 0.1) is 17.1 Å². The summed E-state index contributed by atoms with van der Waals surface area (Å²) in [5.41, 5.74) is 1.31. The molecule has 2 aromatic rings. The van der Waals surface area contributed by atoms with Crippen LogP contribution in [0.4, 0.5) is 0 Å². The topological polar surface area (TPSA) is 85.7 Å². The third-order valence-electron chi connectivity index (χ3n) is 3.98. The van der Waals surface area contributed by atoms with E-state index in [1.165, 1.54) is 6.33 Å². The lowest BCUT2D eigenvalue weighted by Gasteiger charge is -2.11. The van der Waals surface area contributed by atoms with Crippen molar-refractivity contribution in [3.63, 3.8) is 0 Å². The summed E-state index contributed by atoms with van der Waals surface area (Å²) < 4.78 is 24.9. The van der Waals surface area contributed by atoms with Gasteiger partial charge in [-0.2, -0.15) is 0 Å². The molecule has 0 bridgehead atoms. The van der Waals surface area contributed by atoms with Crippen LogP contribution in [0.15, 0.2) is 43.3 Å². The van der Waals surface area contributed by atoms with Gasteiger partial charge in [0, 0.05) is 30.4 Å². The second-order valence-corrected chi connectivity index (χ2v) is 8.18. The molecule has 7 heteroatoms. The highest BCUT2D eigenvalue weighted by molar-refractivity contribution is 7.90. The summed E-state index contributed by atoms with van der Waals surface area (Å²) in [6.07, 6.45) is 16.2. The molecule has 2 heterocycles. The molecule has 3 rings (SSSR count).